The maximum atomic E-state index is 12.9. The average Bonchev–Trinajstić information content (AvgIpc) is 2.74. The molecule has 0 spiro atoms. The van der Waals surface area contributed by atoms with E-state index in [9.17, 15) is 13.2 Å². The Hall–Kier alpha value is -0.0700. The van der Waals surface area contributed by atoms with Gasteiger partial charge in [-0.3, -0.25) is 0 Å². The summed E-state index contributed by atoms with van der Waals surface area (Å²) in [5.74, 6) is -1.17. The Kier molecular flexibility index (Phi) is 5.31. The highest BCUT2D eigenvalue weighted by atomic mass is 79.9. The van der Waals surface area contributed by atoms with Gasteiger partial charge in [0.05, 0.1) is 9.70 Å². The van der Waals surface area contributed by atoms with E-state index in [-0.39, 0.29) is 6.42 Å². The first kappa shape index (κ1) is 15.3. The molecule has 1 N–H and O–H groups in total. The smallest absolute Gasteiger partial charge is 0.313 e. The monoisotopic (exact) mass is 355 g/mol. The lowest BCUT2D eigenvalue weighted by Gasteiger charge is -2.33. The molecule has 2 rings (SSSR count). The highest BCUT2D eigenvalue weighted by molar-refractivity contribution is 9.11. The minimum Gasteiger partial charge on any atom is -0.313 e. The summed E-state index contributed by atoms with van der Waals surface area (Å²) in [6.07, 6.45) is -0.777. The van der Waals surface area contributed by atoms with Crippen molar-refractivity contribution in [3.8, 4) is 0 Å². The molecule has 0 amide bonds. The molecule has 1 saturated carbocycles. The van der Waals surface area contributed by atoms with Gasteiger partial charge in [-0.2, -0.15) is 13.2 Å². The summed E-state index contributed by atoms with van der Waals surface area (Å²) >= 11 is 5.02. The van der Waals surface area contributed by atoms with E-state index in [1.165, 1.54) is 4.88 Å². The van der Waals surface area contributed by atoms with Gasteiger partial charge in [-0.15, -0.1) is 11.3 Å². The van der Waals surface area contributed by atoms with Gasteiger partial charge in [0, 0.05) is 17.5 Å². The molecule has 1 aliphatic carbocycles. The molecule has 1 aromatic rings. The molecule has 1 aliphatic rings. The molecule has 108 valence electrons. The predicted molar refractivity (Wildman–Crippen MR) is 75.5 cm³/mol. The molecule has 0 aromatic carbocycles. The molecule has 0 saturated heterocycles. The number of nitrogens with one attached hydrogen (secondary N) is 1. The molecule has 1 nitrogen and oxygen atoms in total. The molecule has 19 heavy (non-hydrogen) atoms. The lowest BCUT2D eigenvalue weighted by atomic mass is 9.84. The van der Waals surface area contributed by atoms with Crippen LogP contribution in [0.25, 0.3) is 0 Å². The van der Waals surface area contributed by atoms with Crippen molar-refractivity contribution in [2.24, 2.45) is 5.92 Å². The molecule has 2 unspecified atom stereocenters. The molecule has 0 aliphatic heterocycles. The Bertz CT molecular complexity index is 405. The topological polar surface area (TPSA) is 12.0 Å². The number of rotatable bonds is 4. The lowest BCUT2D eigenvalue weighted by Crippen LogP contribution is -2.46. The van der Waals surface area contributed by atoms with Crippen LogP contribution in [0.5, 0.6) is 0 Å². The van der Waals surface area contributed by atoms with Crippen molar-refractivity contribution in [1.82, 2.24) is 5.32 Å². The van der Waals surface area contributed by atoms with Crippen LogP contribution in [0.15, 0.2) is 15.9 Å². The first-order valence-corrected chi connectivity index (χ1v) is 8.12. The SMILES string of the molecule is FC(F)(F)C1CCCCC1NCCc1ccc(Br)s1. The fraction of sp³-hybridized carbons (Fsp3) is 0.692. The summed E-state index contributed by atoms with van der Waals surface area (Å²) in [7, 11) is 0. The quantitative estimate of drug-likeness (QED) is 0.820. The molecular formula is C13H17BrF3NS. The molecule has 6 heteroatoms. The highest BCUT2D eigenvalue weighted by Gasteiger charge is 2.45. The van der Waals surface area contributed by atoms with Crippen LogP contribution in [0.2, 0.25) is 0 Å². The van der Waals surface area contributed by atoms with E-state index in [4.69, 9.17) is 0 Å². The van der Waals surface area contributed by atoms with Crippen LogP contribution in [0.3, 0.4) is 0 Å². The lowest BCUT2D eigenvalue weighted by molar-refractivity contribution is -0.188. The molecule has 1 fully saturated rings. The number of thiophene rings is 1. The van der Waals surface area contributed by atoms with Crippen molar-refractivity contribution in [3.05, 3.63) is 20.8 Å². The molecule has 0 bridgehead atoms. The van der Waals surface area contributed by atoms with E-state index in [0.717, 1.165) is 16.6 Å². The van der Waals surface area contributed by atoms with E-state index in [0.29, 0.717) is 19.4 Å². The summed E-state index contributed by atoms with van der Waals surface area (Å²) in [4.78, 5) is 1.19. The second kappa shape index (κ2) is 6.59. The van der Waals surface area contributed by atoms with Gasteiger partial charge < -0.3 is 5.32 Å². The Morgan fingerprint density at radius 3 is 2.63 bits per heavy atom. The van der Waals surface area contributed by atoms with Gasteiger partial charge in [-0.1, -0.05) is 12.8 Å². The van der Waals surface area contributed by atoms with Gasteiger partial charge in [0.2, 0.25) is 0 Å². The van der Waals surface area contributed by atoms with E-state index >= 15 is 0 Å². The number of halogens is 4. The Labute approximate surface area is 123 Å². The third kappa shape index (κ3) is 4.46. The Morgan fingerprint density at radius 2 is 2.00 bits per heavy atom. The number of alkyl halides is 3. The second-order valence-electron chi connectivity index (χ2n) is 4.95. The summed E-state index contributed by atoms with van der Waals surface area (Å²) in [5, 5.41) is 3.11. The van der Waals surface area contributed by atoms with Gasteiger partial charge in [0.15, 0.2) is 0 Å². The molecular weight excluding hydrogens is 339 g/mol. The van der Waals surface area contributed by atoms with Crippen molar-refractivity contribution in [3.63, 3.8) is 0 Å². The standard InChI is InChI=1S/C13H17BrF3NS/c14-12-6-5-9(19-12)7-8-18-11-4-2-1-3-10(11)13(15,16)17/h5-6,10-11,18H,1-4,7-8H2. The summed E-state index contributed by atoms with van der Waals surface area (Å²) in [6.45, 7) is 0.615. The van der Waals surface area contributed by atoms with E-state index in [2.05, 4.69) is 21.2 Å². The largest absolute Gasteiger partial charge is 0.393 e. The first-order valence-electron chi connectivity index (χ1n) is 6.51. The minimum atomic E-state index is -4.07. The van der Waals surface area contributed by atoms with Crippen molar-refractivity contribution < 1.29 is 13.2 Å². The maximum Gasteiger partial charge on any atom is 0.393 e. The zero-order valence-corrected chi connectivity index (χ0v) is 12.9. The van der Waals surface area contributed by atoms with Crippen LogP contribution in [0.4, 0.5) is 13.2 Å². The van der Waals surface area contributed by atoms with E-state index < -0.39 is 18.1 Å². The molecule has 0 radical (unpaired) electrons. The van der Waals surface area contributed by atoms with Crippen LogP contribution in [-0.2, 0) is 6.42 Å². The van der Waals surface area contributed by atoms with Gasteiger partial charge in [0.1, 0.15) is 0 Å². The first-order chi connectivity index (χ1) is 8.97. The summed E-state index contributed by atoms with van der Waals surface area (Å²) in [5.41, 5.74) is 0. The third-order valence-corrected chi connectivity index (χ3v) is 5.28. The second-order valence-corrected chi connectivity index (χ2v) is 7.50. The minimum absolute atomic E-state index is 0.270. The summed E-state index contributed by atoms with van der Waals surface area (Å²) in [6, 6.07) is 3.58. The van der Waals surface area contributed by atoms with Crippen molar-refractivity contribution in [1.29, 1.82) is 0 Å². The molecule has 1 aromatic heterocycles. The van der Waals surface area contributed by atoms with Crippen molar-refractivity contribution in [2.75, 3.05) is 6.54 Å². The van der Waals surface area contributed by atoms with Crippen LogP contribution < -0.4 is 5.32 Å². The van der Waals surface area contributed by atoms with Crippen LogP contribution in [0.1, 0.15) is 30.6 Å². The zero-order chi connectivity index (χ0) is 13.9. The summed E-state index contributed by atoms with van der Waals surface area (Å²) < 4.78 is 39.8. The van der Waals surface area contributed by atoms with E-state index in [1.54, 1.807) is 11.3 Å². The zero-order valence-electron chi connectivity index (χ0n) is 10.5. The Morgan fingerprint density at radius 1 is 1.26 bits per heavy atom. The fourth-order valence-corrected chi connectivity index (χ4v) is 4.12. The average molecular weight is 356 g/mol. The van der Waals surface area contributed by atoms with Crippen LogP contribution in [-0.4, -0.2) is 18.8 Å². The predicted octanol–water partition coefficient (Wildman–Crippen LogP) is 4.76. The number of hydrogen-bond donors (Lipinski definition) is 1. The highest BCUT2D eigenvalue weighted by Crippen LogP contribution is 2.37. The van der Waals surface area contributed by atoms with Crippen LogP contribution >= 0.6 is 27.3 Å². The number of hydrogen-bond acceptors (Lipinski definition) is 2. The maximum absolute atomic E-state index is 12.9. The van der Waals surface area contributed by atoms with Gasteiger partial charge in [0.25, 0.3) is 0 Å². The van der Waals surface area contributed by atoms with Gasteiger partial charge in [-0.25, -0.2) is 0 Å². The molecule has 2 atom stereocenters. The van der Waals surface area contributed by atoms with Crippen molar-refractivity contribution in [2.45, 2.75) is 44.3 Å². The Balaban J connectivity index is 1.83. The van der Waals surface area contributed by atoms with Gasteiger partial charge >= 0.3 is 6.18 Å². The molecule has 1 heterocycles. The van der Waals surface area contributed by atoms with Crippen LogP contribution in [0, 0.1) is 5.92 Å². The fourth-order valence-electron chi connectivity index (χ4n) is 2.63. The third-order valence-electron chi connectivity index (χ3n) is 3.59. The van der Waals surface area contributed by atoms with Crippen molar-refractivity contribution >= 4 is 27.3 Å². The van der Waals surface area contributed by atoms with E-state index in [1.807, 2.05) is 12.1 Å². The normalized spacial score (nSPS) is 24.6. The van der Waals surface area contributed by atoms with Gasteiger partial charge in [-0.05, 0) is 47.3 Å².